The summed E-state index contributed by atoms with van der Waals surface area (Å²) in [4.78, 5) is 12.7. The number of nitrogens with zero attached hydrogens (tertiary/aromatic N) is 3. The Morgan fingerprint density at radius 2 is 2.04 bits per heavy atom. The zero-order valence-corrected chi connectivity index (χ0v) is 14.9. The Balaban J connectivity index is 1.64. The van der Waals surface area contributed by atoms with Crippen LogP contribution in [-0.2, 0) is 6.54 Å². The van der Waals surface area contributed by atoms with E-state index in [4.69, 9.17) is 4.74 Å². The van der Waals surface area contributed by atoms with Crippen molar-refractivity contribution in [2.75, 3.05) is 20.2 Å². The molecular weight excluding hydrogens is 349 g/mol. The van der Waals surface area contributed by atoms with E-state index in [1.54, 1.807) is 19.2 Å². The van der Waals surface area contributed by atoms with Crippen molar-refractivity contribution >= 4 is 0 Å². The minimum Gasteiger partial charge on any atom is -0.496 e. The maximum Gasteiger partial charge on any atom is 0.350 e. The van der Waals surface area contributed by atoms with Gasteiger partial charge in [-0.2, -0.15) is 9.78 Å². The first kappa shape index (κ1) is 17.4. The highest BCUT2D eigenvalue weighted by molar-refractivity contribution is 5.46. The van der Waals surface area contributed by atoms with Crippen molar-refractivity contribution in [3.63, 3.8) is 0 Å². The molecule has 4 rings (SSSR count). The van der Waals surface area contributed by atoms with E-state index in [0.717, 1.165) is 24.4 Å². The highest BCUT2D eigenvalue weighted by Gasteiger charge is 2.21. The first-order chi connectivity index (χ1) is 13.2. The molecule has 1 aliphatic rings. The van der Waals surface area contributed by atoms with Crippen molar-refractivity contribution < 1.29 is 9.13 Å². The van der Waals surface area contributed by atoms with Gasteiger partial charge >= 0.3 is 5.69 Å². The first-order valence-corrected chi connectivity index (χ1v) is 8.68. The molecule has 0 unspecified atom stereocenters. The molecule has 1 fully saturated rings. The molecule has 0 spiro atoms. The highest BCUT2D eigenvalue weighted by Crippen LogP contribution is 2.29. The smallest absolute Gasteiger partial charge is 0.350 e. The third-order valence-corrected chi connectivity index (χ3v) is 4.70. The Kier molecular flexibility index (Phi) is 4.74. The van der Waals surface area contributed by atoms with Gasteiger partial charge in [0.25, 0.3) is 0 Å². The van der Waals surface area contributed by atoms with E-state index in [1.165, 1.54) is 27.7 Å². The number of hydrogen-bond donors (Lipinski definition) is 2. The van der Waals surface area contributed by atoms with Crippen molar-refractivity contribution in [2.24, 2.45) is 0 Å². The molecule has 2 N–H and O–H groups in total. The molecule has 0 atom stereocenters. The topological polar surface area (TPSA) is 73.1 Å². The molecule has 0 bridgehead atoms. The third kappa shape index (κ3) is 3.49. The van der Waals surface area contributed by atoms with Crippen molar-refractivity contribution in [2.45, 2.75) is 12.5 Å². The first-order valence-electron chi connectivity index (χ1n) is 8.68. The predicted octanol–water partition coefficient (Wildman–Crippen LogP) is 1.42. The number of benzene rings is 2. The number of ether oxygens (including phenoxy) is 1. The number of methoxy groups -OCH3 is 1. The van der Waals surface area contributed by atoms with Gasteiger partial charge in [0.1, 0.15) is 17.9 Å². The molecule has 0 saturated carbocycles. The lowest BCUT2D eigenvalue weighted by Crippen LogP contribution is -2.24. The van der Waals surface area contributed by atoms with Crippen LogP contribution in [0.3, 0.4) is 0 Å². The van der Waals surface area contributed by atoms with Crippen LogP contribution < -0.4 is 21.3 Å². The maximum absolute atomic E-state index is 13.4. The zero-order chi connectivity index (χ0) is 18.8. The van der Waals surface area contributed by atoms with Crippen molar-refractivity contribution in [3.05, 3.63) is 76.2 Å². The standard InChI is InChI=1S/C19H20FN5O2/c1-27-18-8-16(5-6-17(18)14-9-21-22-10-14)25-19(26)24(12-23-25)11-13-3-2-4-15(20)7-13/h2-8,12,14,21-22H,9-11H2,1H3. The summed E-state index contributed by atoms with van der Waals surface area (Å²) in [5.74, 6) is 0.690. The van der Waals surface area contributed by atoms with Gasteiger partial charge in [0.05, 0.1) is 19.3 Å². The van der Waals surface area contributed by atoms with E-state index in [-0.39, 0.29) is 18.1 Å². The molecule has 3 aromatic rings. The number of nitrogens with one attached hydrogen (secondary N) is 2. The summed E-state index contributed by atoms with van der Waals surface area (Å²) >= 11 is 0. The molecule has 7 nitrogen and oxygen atoms in total. The number of rotatable bonds is 5. The summed E-state index contributed by atoms with van der Waals surface area (Å²) < 4.78 is 21.6. The Hall–Kier alpha value is -2.97. The van der Waals surface area contributed by atoms with Gasteiger partial charge in [-0.25, -0.2) is 9.18 Å². The van der Waals surface area contributed by atoms with Crippen LogP contribution in [-0.4, -0.2) is 34.5 Å². The van der Waals surface area contributed by atoms with Crippen LogP contribution in [0.5, 0.6) is 5.75 Å². The van der Waals surface area contributed by atoms with Gasteiger partial charge in [0, 0.05) is 25.1 Å². The van der Waals surface area contributed by atoms with Gasteiger partial charge in [-0.15, -0.1) is 0 Å². The van der Waals surface area contributed by atoms with E-state index in [2.05, 4.69) is 16.0 Å². The summed E-state index contributed by atoms with van der Waals surface area (Å²) in [6.45, 7) is 1.89. The fraction of sp³-hybridized carbons (Fsp3) is 0.263. The van der Waals surface area contributed by atoms with E-state index >= 15 is 0 Å². The van der Waals surface area contributed by atoms with E-state index in [0.29, 0.717) is 17.2 Å². The van der Waals surface area contributed by atoms with E-state index in [9.17, 15) is 9.18 Å². The molecule has 0 aliphatic carbocycles. The minimum absolute atomic E-state index is 0.255. The molecule has 1 saturated heterocycles. The molecule has 27 heavy (non-hydrogen) atoms. The van der Waals surface area contributed by atoms with Crippen LogP contribution in [0.25, 0.3) is 5.69 Å². The average molecular weight is 369 g/mol. The molecule has 2 heterocycles. The fourth-order valence-electron chi connectivity index (χ4n) is 3.30. The van der Waals surface area contributed by atoms with Gasteiger partial charge < -0.3 is 4.74 Å². The second-order valence-corrected chi connectivity index (χ2v) is 6.47. The number of hydrogen-bond acceptors (Lipinski definition) is 5. The van der Waals surface area contributed by atoms with Crippen LogP contribution in [0.1, 0.15) is 17.0 Å². The zero-order valence-electron chi connectivity index (χ0n) is 14.9. The van der Waals surface area contributed by atoms with Crippen LogP contribution in [0.4, 0.5) is 4.39 Å². The Labute approximate surface area is 155 Å². The minimum atomic E-state index is -0.329. The maximum atomic E-state index is 13.4. The largest absolute Gasteiger partial charge is 0.496 e. The molecule has 0 radical (unpaired) electrons. The molecule has 140 valence electrons. The monoisotopic (exact) mass is 369 g/mol. The van der Waals surface area contributed by atoms with Crippen LogP contribution in [0.2, 0.25) is 0 Å². The number of aromatic nitrogens is 3. The van der Waals surface area contributed by atoms with Crippen LogP contribution >= 0.6 is 0 Å². The van der Waals surface area contributed by atoms with Gasteiger partial charge in [0.2, 0.25) is 0 Å². The SMILES string of the molecule is COc1cc(-n2ncn(Cc3cccc(F)c3)c2=O)ccc1C1CNNC1. The second-order valence-electron chi connectivity index (χ2n) is 6.47. The molecular formula is C19H20FN5O2. The number of halogens is 1. The van der Waals surface area contributed by atoms with Gasteiger partial charge in [-0.1, -0.05) is 18.2 Å². The lowest BCUT2D eigenvalue weighted by atomic mass is 9.99. The summed E-state index contributed by atoms with van der Waals surface area (Å²) in [6.07, 6.45) is 1.46. The molecule has 1 aromatic heterocycles. The lowest BCUT2D eigenvalue weighted by molar-refractivity contribution is 0.406. The van der Waals surface area contributed by atoms with E-state index < -0.39 is 0 Å². The summed E-state index contributed by atoms with van der Waals surface area (Å²) in [5, 5.41) is 4.20. The Bertz CT molecular complexity index is 1010. The summed E-state index contributed by atoms with van der Waals surface area (Å²) in [5.41, 5.74) is 8.31. The van der Waals surface area contributed by atoms with Crippen LogP contribution in [0.15, 0.2) is 53.6 Å². The van der Waals surface area contributed by atoms with Crippen LogP contribution in [0, 0.1) is 5.82 Å². The van der Waals surface area contributed by atoms with Gasteiger partial charge in [-0.3, -0.25) is 15.4 Å². The highest BCUT2D eigenvalue weighted by atomic mass is 19.1. The van der Waals surface area contributed by atoms with Crippen molar-refractivity contribution in [1.82, 2.24) is 25.2 Å². The Morgan fingerprint density at radius 3 is 2.78 bits per heavy atom. The summed E-state index contributed by atoms with van der Waals surface area (Å²) in [7, 11) is 1.61. The van der Waals surface area contributed by atoms with Crippen molar-refractivity contribution in [1.29, 1.82) is 0 Å². The molecule has 8 heteroatoms. The molecule has 0 amide bonds. The third-order valence-electron chi connectivity index (χ3n) is 4.70. The fourth-order valence-corrected chi connectivity index (χ4v) is 3.30. The normalized spacial score (nSPS) is 14.6. The summed E-state index contributed by atoms with van der Waals surface area (Å²) in [6, 6.07) is 11.8. The molecule has 2 aromatic carbocycles. The van der Waals surface area contributed by atoms with Gasteiger partial charge in [0.15, 0.2) is 0 Å². The number of hydrazine groups is 1. The average Bonchev–Trinajstić information content (AvgIpc) is 3.32. The Morgan fingerprint density at radius 1 is 1.22 bits per heavy atom. The quantitative estimate of drug-likeness (QED) is 0.712. The van der Waals surface area contributed by atoms with E-state index in [1.807, 2.05) is 18.2 Å². The second kappa shape index (κ2) is 7.34. The molecule has 1 aliphatic heterocycles. The van der Waals surface area contributed by atoms with Crippen molar-refractivity contribution in [3.8, 4) is 11.4 Å². The predicted molar refractivity (Wildman–Crippen MR) is 98.6 cm³/mol. The van der Waals surface area contributed by atoms with Gasteiger partial charge in [-0.05, 0) is 29.3 Å². The lowest BCUT2D eigenvalue weighted by Gasteiger charge is -2.14.